The average molecular weight is 407 g/mol. The molecule has 29 heavy (non-hydrogen) atoms. The quantitative estimate of drug-likeness (QED) is 0.537. The molecule has 0 bridgehead atoms. The van der Waals surface area contributed by atoms with Gasteiger partial charge >= 0.3 is 12.7 Å². The number of non-ortho nitro benzene ring substituents is 1. The Kier molecular flexibility index (Phi) is 6.43. The predicted octanol–water partition coefficient (Wildman–Crippen LogP) is 3.66. The molecule has 10 heteroatoms. The van der Waals surface area contributed by atoms with Gasteiger partial charge in [-0.15, -0.1) is 0 Å². The normalized spacial score (nSPS) is 14.0. The van der Waals surface area contributed by atoms with Crippen LogP contribution in [0.3, 0.4) is 0 Å². The molecular weight excluding hydrogens is 388 g/mol. The van der Waals surface area contributed by atoms with E-state index in [1.165, 1.54) is 17.0 Å². The molecule has 1 amide bonds. The summed E-state index contributed by atoms with van der Waals surface area (Å²) >= 11 is 0. The summed E-state index contributed by atoms with van der Waals surface area (Å²) in [5.74, 6) is -0.269. The number of anilines is 1. The standard InChI is InChI=1S/C19H19F2N3O5/c20-18(21)29-17-12-15(24(26)27)6-7-16(17)22-8-10-23(11-9-22)19(25)28-13-14-4-2-1-3-5-14/h1-7,12,18H,8-11,13H2. The highest BCUT2D eigenvalue weighted by Gasteiger charge is 2.26. The van der Waals surface area contributed by atoms with Gasteiger partial charge in [0.15, 0.2) is 5.75 Å². The van der Waals surface area contributed by atoms with Gasteiger partial charge in [-0.1, -0.05) is 30.3 Å². The lowest BCUT2D eigenvalue weighted by molar-refractivity contribution is -0.385. The fraction of sp³-hybridized carbons (Fsp3) is 0.316. The van der Waals surface area contributed by atoms with Gasteiger partial charge in [0.25, 0.3) is 5.69 Å². The number of nitro groups is 1. The van der Waals surface area contributed by atoms with Crippen molar-refractivity contribution in [1.82, 2.24) is 4.90 Å². The monoisotopic (exact) mass is 407 g/mol. The van der Waals surface area contributed by atoms with Crippen LogP contribution >= 0.6 is 0 Å². The molecule has 0 N–H and O–H groups in total. The lowest BCUT2D eigenvalue weighted by Gasteiger charge is -2.36. The number of amides is 1. The predicted molar refractivity (Wildman–Crippen MR) is 100 cm³/mol. The van der Waals surface area contributed by atoms with E-state index in [2.05, 4.69) is 4.74 Å². The number of piperazine rings is 1. The van der Waals surface area contributed by atoms with Crippen molar-refractivity contribution in [2.75, 3.05) is 31.1 Å². The van der Waals surface area contributed by atoms with Crippen LogP contribution in [0, 0.1) is 10.1 Å². The minimum absolute atomic E-state index is 0.161. The van der Waals surface area contributed by atoms with Crippen LogP contribution in [-0.2, 0) is 11.3 Å². The molecule has 1 fully saturated rings. The third-order valence-corrected chi connectivity index (χ3v) is 4.45. The number of carbonyl (C=O) groups is 1. The second-order valence-corrected chi connectivity index (χ2v) is 6.30. The molecule has 0 radical (unpaired) electrons. The minimum atomic E-state index is -3.11. The molecule has 1 aliphatic rings. The molecule has 8 nitrogen and oxygen atoms in total. The summed E-state index contributed by atoms with van der Waals surface area (Å²) in [6, 6.07) is 12.9. The van der Waals surface area contributed by atoms with E-state index >= 15 is 0 Å². The molecule has 0 aliphatic carbocycles. The number of halogens is 2. The third-order valence-electron chi connectivity index (χ3n) is 4.45. The van der Waals surface area contributed by atoms with E-state index < -0.39 is 17.6 Å². The van der Waals surface area contributed by atoms with E-state index in [9.17, 15) is 23.7 Å². The number of carbonyl (C=O) groups excluding carboxylic acids is 1. The Morgan fingerprint density at radius 3 is 2.41 bits per heavy atom. The molecule has 0 unspecified atom stereocenters. The maximum absolute atomic E-state index is 12.7. The van der Waals surface area contributed by atoms with Gasteiger partial charge in [0.2, 0.25) is 0 Å². The Morgan fingerprint density at radius 1 is 1.10 bits per heavy atom. The summed E-state index contributed by atoms with van der Waals surface area (Å²) in [5, 5.41) is 10.9. The maximum Gasteiger partial charge on any atom is 0.410 e. The first kappa shape index (κ1) is 20.3. The lowest BCUT2D eigenvalue weighted by atomic mass is 10.2. The zero-order chi connectivity index (χ0) is 20.8. The molecular formula is C19H19F2N3O5. The molecule has 0 atom stereocenters. The molecule has 154 valence electrons. The molecule has 2 aromatic carbocycles. The van der Waals surface area contributed by atoms with Crippen LogP contribution in [0.15, 0.2) is 48.5 Å². The smallest absolute Gasteiger partial charge is 0.410 e. The summed E-state index contributed by atoms with van der Waals surface area (Å²) in [6.45, 7) is -1.62. The first-order valence-electron chi connectivity index (χ1n) is 8.88. The number of hydrogen-bond donors (Lipinski definition) is 0. The minimum Gasteiger partial charge on any atom is -0.445 e. The number of ether oxygens (including phenoxy) is 2. The molecule has 1 aliphatic heterocycles. The van der Waals surface area contributed by atoms with Crippen molar-refractivity contribution in [2.45, 2.75) is 13.2 Å². The number of alkyl halides is 2. The van der Waals surface area contributed by atoms with Gasteiger partial charge in [0.1, 0.15) is 6.61 Å². The highest BCUT2D eigenvalue weighted by atomic mass is 19.3. The number of hydrogen-bond acceptors (Lipinski definition) is 6. The highest BCUT2D eigenvalue weighted by Crippen LogP contribution is 2.34. The van der Waals surface area contributed by atoms with Crippen molar-refractivity contribution in [3.8, 4) is 5.75 Å². The first-order chi connectivity index (χ1) is 13.9. The van der Waals surface area contributed by atoms with Crippen molar-refractivity contribution in [1.29, 1.82) is 0 Å². The molecule has 0 saturated carbocycles. The highest BCUT2D eigenvalue weighted by molar-refractivity contribution is 5.69. The Bertz CT molecular complexity index is 858. The van der Waals surface area contributed by atoms with E-state index in [1.807, 2.05) is 30.3 Å². The molecule has 0 aromatic heterocycles. The number of benzene rings is 2. The molecule has 0 spiro atoms. The van der Waals surface area contributed by atoms with Crippen LogP contribution < -0.4 is 9.64 Å². The summed E-state index contributed by atoms with van der Waals surface area (Å²) in [5.41, 5.74) is 0.847. The van der Waals surface area contributed by atoms with Gasteiger partial charge < -0.3 is 19.3 Å². The summed E-state index contributed by atoms with van der Waals surface area (Å²) in [7, 11) is 0. The zero-order valence-electron chi connectivity index (χ0n) is 15.4. The van der Waals surface area contributed by atoms with Crippen LogP contribution in [0.5, 0.6) is 5.75 Å². The maximum atomic E-state index is 12.7. The van der Waals surface area contributed by atoms with Crippen molar-refractivity contribution in [2.24, 2.45) is 0 Å². The van der Waals surface area contributed by atoms with Gasteiger partial charge in [-0.05, 0) is 11.6 Å². The summed E-state index contributed by atoms with van der Waals surface area (Å²) in [4.78, 5) is 25.7. The van der Waals surface area contributed by atoms with Crippen LogP contribution in [-0.4, -0.2) is 48.7 Å². The topological polar surface area (TPSA) is 85.2 Å². The van der Waals surface area contributed by atoms with Crippen molar-refractivity contribution >= 4 is 17.5 Å². The van der Waals surface area contributed by atoms with Crippen LogP contribution in [0.1, 0.15) is 5.56 Å². The summed E-state index contributed by atoms with van der Waals surface area (Å²) < 4.78 is 35.2. The Morgan fingerprint density at radius 2 is 1.79 bits per heavy atom. The Labute approximate surface area is 165 Å². The number of nitro benzene ring substituents is 1. The zero-order valence-corrected chi connectivity index (χ0v) is 15.4. The van der Waals surface area contributed by atoms with Crippen LogP contribution in [0.25, 0.3) is 0 Å². The number of rotatable bonds is 6. The molecule has 3 rings (SSSR count). The van der Waals surface area contributed by atoms with Crippen molar-refractivity contribution in [3.63, 3.8) is 0 Å². The SMILES string of the molecule is O=C(OCc1ccccc1)N1CCN(c2ccc([N+](=O)[O-])cc2OC(F)F)CC1. The second kappa shape index (κ2) is 9.18. The van der Waals surface area contributed by atoms with Crippen LogP contribution in [0.2, 0.25) is 0 Å². The van der Waals surface area contributed by atoms with E-state index in [1.54, 1.807) is 4.90 Å². The van der Waals surface area contributed by atoms with E-state index in [4.69, 9.17) is 4.74 Å². The van der Waals surface area contributed by atoms with Gasteiger partial charge in [-0.2, -0.15) is 8.78 Å². The second-order valence-electron chi connectivity index (χ2n) is 6.30. The van der Waals surface area contributed by atoms with Gasteiger partial charge in [-0.3, -0.25) is 10.1 Å². The third kappa shape index (κ3) is 5.31. The molecule has 1 saturated heterocycles. The van der Waals surface area contributed by atoms with Gasteiger partial charge in [0, 0.05) is 32.2 Å². The summed E-state index contributed by atoms with van der Waals surface area (Å²) in [6.07, 6.45) is -0.457. The number of nitrogens with zero attached hydrogens (tertiary/aromatic N) is 3. The Balaban J connectivity index is 1.61. The van der Waals surface area contributed by atoms with E-state index in [-0.39, 0.29) is 18.0 Å². The Hall–Kier alpha value is -3.43. The van der Waals surface area contributed by atoms with Crippen molar-refractivity contribution in [3.05, 3.63) is 64.2 Å². The molecule has 1 heterocycles. The van der Waals surface area contributed by atoms with E-state index in [0.29, 0.717) is 31.9 Å². The van der Waals surface area contributed by atoms with Crippen LogP contribution in [0.4, 0.5) is 25.0 Å². The molecule has 2 aromatic rings. The van der Waals surface area contributed by atoms with Gasteiger partial charge in [-0.25, -0.2) is 4.79 Å². The fourth-order valence-electron chi connectivity index (χ4n) is 3.01. The first-order valence-corrected chi connectivity index (χ1v) is 8.88. The lowest BCUT2D eigenvalue weighted by Crippen LogP contribution is -2.49. The largest absolute Gasteiger partial charge is 0.445 e. The average Bonchev–Trinajstić information content (AvgIpc) is 2.72. The van der Waals surface area contributed by atoms with E-state index in [0.717, 1.165) is 11.6 Å². The van der Waals surface area contributed by atoms with Crippen molar-refractivity contribution < 1.29 is 28.0 Å². The van der Waals surface area contributed by atoms with Gasteiger partial charge in [0.05, 0.1) is 16.7 Å². The fourth-order valence-corrected chi connectivity index (χ4v) is 3.01.